The van der Waals surface area contributed by atoms with Crippen LogP contribution < -0.4 is 5.48 Å². The molecule has 0 aromatic carbocycles. The number of amides is 1. The van der Waals surface area contributed by atoms with Crippen molar-refractivity contribution < 1.29 is 14.4 Å². The van der Waals surface area contributed by atoms with Crippen molar-refractivity contribution in [3.05, 3.63) is 65.4 Å². The summed E-state index contributed by atoms with van der Waals surface area (Å²) >= 11 is 0. The lowest BCUT2D eigenvalue weighted by Crippen LogP contribution is -2.33. The number of fused-ring (bicyclic) bond motifs is 1. The minimum absolute atomic E-state index is 0.364. The van der Waals surface area contributed by atoms with Crippen LogP contribution in [0.15, 0.2) is 42.7 Å². The fourth-order valence-electron chi connectivity index (χ4n) is 2.95. The number of rotatable bonds is 3. The minimum Gasteiger partial charge on any atom is -0.350 e. The van der Waals surface area contributed by atoms with Crippen molar-refractivity contribution in [2.45, 2.75) is 32.5 Å². The molecular weight excluding hydrogens is 356 g/mol. The van der Waals surface area contributed by atoms with Crippen molar-refractivity contribution >= 4 is 11.6 Å². The van der Waals surface area contributed by atoms with E-state index in [9.17, 15) is 4.79 Å². The van der Waals surface area contributed by atoms with Crippen LogP contribution in [0, 0.1) is 18.8 Å². The maximum absolute atomic E-state index is 12.5. The van der Waals surface area contributed by atoms with E-state index >= 15 is 0 Å². The van der Waals surface area contributed by atoms with Gasteiger partial charge in [-0.15, -0.1) is 0 Å². The van der Waals surface area contributed by atoms with Gasteiger partial charge < -0.3 is 4.74 Å². The Morgan fingerprint density at radius 1 is 1.29 bits per heavy atom. The summed E-state index contributed by atoms with van der Waals surface area (Å²) in [7, 11) is 0. The molecule has 1 unspecified atom stereocenters. The Morgan fingerprint density at radius 3 is 3.04 bits per heavy atom. The summed E-state index contributed by atoms with van der Waals surface area (Å²) in [5, 5.41) is 0. The van der Waals surface area contributed by atoms with Crippen LogP contribution in [0.25, 0.3) is 5.65 Å². The molecule has 1 fully saturated rings. The van der Waals surface area contributed by atoms with Gasteiger partial charge in [0.15, 0.2) is 6.29 Å². The molecule has 4 rings (SSSR count). The molecule has 1 saturated heterocycles. The summed E-state index contributed by atoms with van der Waals surface area (Å²) in [6, 6.07) is 9.38. The van der Waals surface area contributed by atoms with Gasteiger partial charge in [-0.05, 0) is 50.0 Å². The molecule has 0 spiro atoms. The Balaban J connectivity index is 1.52. The molecule has 142 valence electrons. The van der Waals surface area contributed by atoms with E-state index in [-0.39, 0.29) is 5.91 Å². The topological polar surface area (TPSA) is 77.8 Å². The molecule has 1 aliphatic rings. The SMILES string of the molecule is Cc1cccc(C#Cc2ccc3ncc(C(=O)NOC4CCCCO4)n3c2)n1. The Hall–Kier alpha value is -3.21. The van der Waals surface area contributed by atoms with Gasteiger partial charge in [-0.1, -0.05) is 12.0 Å². The first-order valence-electron chi connectivity index (χ1n) is 9.19. The largest absolute Gasteiger partial charge is 0.350 e. The second kappa shape index (κ2) is 8.21. The lowest BCUT2D eigenvalue weighted by atomic mass is 10.2. The molecular formula is C21H20N4O3. The Bertz CT molecular complexity index is 1060. The minimum atomic E-state index is -0.403. The molecule has 1 amide bonds. The first-order chi connectivity index (χ1) is 13.7. The maximum Gasteiger partial charge on any atom is 0.293 e. The predicted octanol–water partition coefficient (Wildman–Crippen LogP) is 2.63. The zero-order chi connectivity index (χ0) is 19.3. The molecule has 7 nitrogen and oxygen atoms in total. The van der Waals surface area contributed by atoms with Crippen LogP contribution in [0.2, 0.25) is 0 Å². The summed E-state index contributed by atoms with van der Waals surface area (Å²) < 4.78 is 7.14. The van der Waals surface area contributed by atoms with Crippen LogP contribution in [0.4, 0.5) is 0 Å². The number of nitrogens with zero attached hydrogens (tertiary/aromatic N) is 3. The second-order valence-electron chi connectivity index (χ2n) is 6.55. The quantitative estimate of drug-likeness (QED) is 0.562. The average molecular weight is 376 g/mol. The van der Waals surface area contributed by atoms with E-state index < -0.39 is 6.29 Å². The highest BCUT2D eigenvalue weighted by atomic mass is 16.8. The van der Waals surface area contributed by atoms with E-state index in [1.54, 1.807) is 10.6 Å². The van der Waals surface area contributed by atoms with Gasteiger partial charge in [-0.2, -0.15) is 0 Å². The van der Waals surface area contributed by atoms with Crippen LogP contribution in [-0.2, 0) is 9.57 Å². The standard InChI is InChI=1S/C21H20N4O3/c1-15-5-4-6-17(23-15)10-8-16-9-11-19-22-13-18(25(19)14-16)21(26)24-28-20-7-2-3-12-27-20/h4-6,9,11,13-14,20H,2-3,7,12H2,1H3,(H,24,26). The maximum atomic E-state index is 12.5. The molecule has 1 aliphatic heterocycles. The summed E-state index contributed by atoms with van der Waals surface area (Å²) in [5.74, 6) is 5.73. The second-order valence-corrected chi connectivity index (χ2v) is 6.55. The van der Waals surface area contributed by atoms with Crippen molar-refractivity contribution in [3.63, 3.8) is 0 Å². The third kappa shape index (κ3) is 4.19. The number of imidazole rings is 1. The van der Waals surface area contributed by atoms with Crippen molar-refractivity contribution in [1.82, 2.24) is 19.8 Å². The molecule has 1 atom stereocenters. The monoisotopic (exact) mass is 376 g/mol. The van der Waals surface area contributed by atoms with Crippen LogP contribution >= 0.6 is 0 Å². The number of hydroxylamine groups is 1. The molecule has 4 heterocycles. The Labute approximate surface area is 162 Å². The van der Waals surface area contributed by atoms with Crippen molar-refractivity contribution in [2.24, 2.45) is 0 Å². The van der Waals surface area contributed by atoms with Gasteiger partial charge in [0.25, 0.3) is 5.91 Å². The lowest BCUT2D eigenvalue weighted by Gasteiger charge is -2.21. The number of hydrogen-bond donors (Lipinski definition) is 1. The van der Waals surface area contributed by atoms with Gasteiger partial charge in [-0.25, -0.2) is 20.3 Å². The highest BCUT2D eigenvalue weighted by molar-refractivity contribution is 5.92. The fraction of sp³-hybridized carbons (Fsp3) is 0.286. The number of hydrogen-bond acceptors (Lipinski definition) is 5. The van der Waals surface area contributed by atoms with Gasteiger partial charge in [-0.3, -0.25) is 9.20 Å². The summed E-state index contributed by atoms with van der Waals surface area (Å²) in [6.45, 7) is 2.57. The van der Waals surface area contributed by atoms with Gasteiger partial charge in [0.2, 0.25) is 0 Å². The van der Waals surface area contributed by atoms with E-state index in [0.717, 1.165) is 30.5 Å². The van der Waals surface area contributed by atoms with Crippen molar-refractivity contribution in [2.75, 3.05) is 6.61 Å². The Kier molecular flexibility index (Phi) is 5.33. The van der Waals surface area contributed by atoms with Crippen LogP contribution in [-0.4, -0.2) is 33.2 Å². The van der Waals surface area contributed by atoms with E-state index in [4.69, 9.17) is 9.57 Å². The Morgan fingerprint density at radius 2 is 2.21 bits per heavy atom. The molecule has 7 heteroatoms. The summed E-state index contributed by atoms with van der Waals surface area (Å²) in [5.41, 5.74) is 5.84. The zero-order valence-corrected chi connectivity index (χ0v) is 15.5. The van der Waals surface area contributed by atoms with E-state index in [1.165, 1.54) is 6.20 Å². The predicted molar refractivity (Wildman–Crippen MR) is 102 cm³/mol. The van der Waals surface area contributed by atoms with Crippen LogP contribution in [0.5, 0.6) is 0 Å². The van der Waals surface area contributed by atoms with Crippen LogP contribution in [0.3, 0.4) is 0 Å². The molecule has 0 bridgehead atoms. The summed E-state index contributed by atoms with van der Waals surface area (Å²) in [6.07, 6.45) is 5.68. The highest BCUT2D eigenvalue weighted by Crippen LogP contribution is 2.13. The number of pyridine rings is 2. The number of carbonyl (C=O) groups is 1. The molecule has 0 aliphatic carbocycles. The van der Waals surface area contributed by atoms with Crippen molar-refractivity contribution in [3.8, 4) is 11.8 Å². The molecule has 0 radical (unpaired) electrons. The van der Waals surface area contributed by atoms with Gasteiger partial charge >= 0.3 is 0 Å². The summed E-state index contributed by atoms with van der Waals surface area (Å²) in [4.78, 5) is 26.5. The molecule has 3 aromatic heterocycles. The van der Waals surface area contributed by atoms with Gasteiger partial charge in [0.1, 0.15) is 17.0 Å². The normalized spacial score (nSPS) is 16.4. The first-order valence-corrected chi connectivity index (χ1v) is 9.19. The third-order valence-electron chi connectivity index (χ3n) is 4.38. The fourth-order valence-corrected chi connectivity index (χ4v) is 2.95. The molecule has 1 N–H and O–H groups in total. The number of aryl methyl sites for hydroxylation is 1. The molecule has 0 saturated carbocycles. The highest BCUT2D eigenvalue weighted by Gasteiger charge is 2.18. The third-order valence-corrected chi connectivity index (χ3v) is 4.38. The van der Waals surface area contributed by atoms with Crippen molar-refractivity contribution in [1.29, 1.82) is 0 Å². The van der Waals surface area contributed by atoms with E-state index in [2.05, 4.69) is 27.3 Å². The van der Waals surface area contributed by atoms with Gasteiger partial charge in [0, 0.05) is 30.5 Å². The van der Waals surface area contributed by atoms with Crippen LogP contribution in [0.1, 0.15) is 46.7 Å². The number of aromatic nitrogens is 3. The smallest absolute Gasteiger partial charge is 0.293 e. The number of nitrogens with one attached hydrogen (secondary N) is 1. The zero-order valence-electron chi connectivity index (χ0n) is 15.5. The molecule has 28 heavy (non-hydrogen) atoms. The first kappa shape index (κ1) is 18.2. The average Bonchev–Trinajstić information content (AvgIpc) is 3.15. The van der Waals surface area contributed by atoms with E-state index in [1.807, 2.05) is 37.3 Å². The number of carbonyl (C=O) groups excluding carboxylic acids is 1. The number of ether oxygens (including phenoxy) is 1. The molecule has 3 aromatic rings. The van der Waals surface area contributed by atoms with Gasteiger partial charge in [0.05, 0.1) is 6.20 Å². The van der Waals surface area contributed by atoms with E-state index in [0.29, 0.717) is 23.6 Å². The lowest BCUT2D eigenvalue weighted by molar-refractivity contribution is -0.186.